The lowest BCUT2D eigenvalue weighted by Crippen LogP contribution is -2.47. The van der Waals surface area contributed by atoms with Gasteiger partial charge < -0.3 is 4.74 Å². The fraction of sp³-hybridized carbons (Fsp3) is 0.433. The highest BCUT2D eigenvalue weighted by atomic mass is 16.6. The standard InChI is InChI=1S/C30H36N6O5/c1-21(2)41-30(38)28-22(3)31-26-19-27(37)34(35(26)29(28)24-10-7-11-25(18-24)36(39)40)17-16-32-12-14-33(15-13-32)20-23-8-5-4-6-9-23/h4-11,18-19,21,28-29H,12-17,20H2,1-3H3. The molecule has 3 heterocycles. The number of benzene rings is 2. The van der Waals surface area contributed by atoms with Crippen molar-refractivity contribution in [3.8, 4) is 0 Å². The molecule has 2 aromatic carbocycles. The van der Waals surface area contributed by atoms with E-state index in [-0.39, 0.29) is 17.4 Å². The molecule has 216 valence electrons. The summed E-state index contributed by atoms with van der Waals surface area (Å²) in [5.41, 5.74) is 2.02. The molecular weight excluding hydrogens is 524 g/mol. The van der Waals surface area contributed by atoms with Crippen LogP contribution >= 0.6 is 0 Å². The van der Waals surface area contributed by atoms with Crippen LogP contribution in [0.1, 0.15) is 37.9 Å². The van der Waals surface area contributed by atoms with Crippen LogP contribution in [0, 0.1) is 16.0 Å². The van der Waals surface area contributed by atoms with Gasteiger partial charge in [-0.15, -0.1) is 0 Å². The molecule has 5 rings (SSSR count). The highest BCUT2D eigenvalue weighted by Crippen LogP contribution is 2.38. The van der Waals surface area contributed by atoms with Crippen molar-refractivity contribution in [3.63, 3.8) is 0 Å². The molecule has 3 aromatic rings. The van der Waals surface area contributed by atoms with Gasteiger partial charge in [-0.3, -0.25) is 34.2 Å². The number of non-ortho nitro benzene ring substituents is 1. The van der Waals surface area contributed by atoms with E-state index in [1.54, 1.807) is 42.3 Å². The van der Waals surface area contributed by atoms with Crippen molar-refractivity contribution < 1.29 is 14.5 Å². The predicted molar refractivity (Wildman–Crippen MR) is 156 cm³/mol. The van der Waals surface area contributed by atoms with Crippen molar-refractivity contribution >= 4 is 23.2 Å². The minimum atomic E-state index is -0.841. The van der Waals surface area contributed by atoms with Crippen LogP contribution < -0.4 is 5.56 Å². The Kier molecular flexibility index (Phi) is 8.46. The molecule has 0 spiro atoms. The lowest BCUT2D eigenvalue weighted by atomic mass is 9.88. The van der Waals surface area contributed by atoms with E-state index >= 15 is 0 Å². The van der Waals surface area contributed by atoms with E-state index in [0.29, 0.717) is 30.2 Å². The van der Waals surface area contributed by atoms with E-state index in [4.69, 9.17) is 4.74 Å². The lowest BCUT2D eigenvalue weighted by molar-refractivity contribution is -0.384. The zero-order valence-electron chi connectivity index (χ0n) is 23.7. The number of hydrogen-bond acceptors (Lipinski definition) is 8. The summed E-state index contributed by atoms with van der Waals surface area (Å²) < 4.78 is 8.93. The van der Waals surface area contributed by atoms with E-state index in [1.165, 1.54) is 23.8 Å². The first-order chi connectivity index (χ1) is 19.7. The molecule has 1 fully saturated rings. The van der Waals surface area contributed by atoms with Gasteiger partial charge in [0.2, 0.25) is 0 Å². The molecule has 0 radical (unpaired) electrons. The Morgan fingerprint density at radius 2 is 1.73 bits per heavy atom. The molecular formula is C30H36N6O5. The molecule has 11 heteroatoms. The third-order valence-corrected chi connectivity index (χ3v) is 7.69. The highest BCUT2D eigenvalue weighted by Gasteiger charge is 2.41. The Bertz CT molecular complexity index is 1490. The largest absolute Gasteiger partial charge is 0.462 e. The van der Waals surface area contributed by atoms with E-state index < -0.39 is 22.9 Å². The van der Waals surface area contributed by atoms with Crippen molar-refractivity contribution in [2.75, 3.05) is 32.7 Å². The fourth-order valence-electron chi connectivity index (χ4n) is 5.70. The number of hydrogen-bond donors (Lipinski definition) is 0. The molecule has 0 bridgehead atoms. The first kappa shape index (κ1) is 28.4. The third-order valence-electron chi connectivity index (χ3n) is 7.69. The second kappa shape index (κ2) is 12.2. The third kappa shape index (κ3) is 6.31. The van der Waals surface area contributed by atoms with Crippen molar-refractivity contribution in [2.45, 2.75) is 46.0 Å². The number of piperazine rings is 1. The summed E-state index contributed by atoms with van der Waals surface area (Å²) in [5.74, 6) is -0.901. The number of nitro benzene ring substituents is 1. The average molecular weight is 561 g/mol. The van der Waals surface area contributed by atoms with E-state index in [9.17, 15) is 19.7 Å². The Balaban J connectivity index is 1.40. The Hall–Kier alpha value is -4.09. The lowest BCUT2D eigenvalue weighted by Gasteiger charge is -2.36. The van der Waals surface area contributed by atoms with E-state index in [2.05, 4.69) is 39.1 Å². The molecule has 0 aliphatic carbocycles. The number of carbonyl (C=O) groups excluding carboxylic acids is 1. The molecule has 2 aliphatic heterocycles. The topological polar surface area (TPSA) is 115 Å². The minimum Gasteiger partial charge on any atom is -0.462 e. The summed E-state index contributed by atoms with van der Waals surface area (Å²) in [6, 6.07) is 17.4. The summed E-state index contributed by atoms with van der Waals surface area (Å²) >= 11 is 0. The summed E-state index contributed by atoms with van der Waals surface area (Å²) in [6.07, 6.45) is -0.352. The Labute approximate surface area is 238 Å². The van der Waals surface area contributed by atoms with Gasteiger partial charge in [0.15, 0.2) is 5.82 Å². The smallest absolute Gasteiger partial charge is 0.317 e. The monoisotopic (exact) mass is 560 g/mol. The molecule has 1 aromatic heterocycles. The maximum absolute atomic E-state index is 13.4. The quantitative estimate of drug-likeness (QED) is 0.223. The van der Waals surface area contributed by atoms with Gasteiger partial charge in [-0.25, -0.2) is 9.67 Å². The molecule has 41 heavy (non-hydrogen) atoms. The molecule has 2 atom stereocenters. The van der Waals surface area contributed by atoms with Crippen LogP contribution in [-0.2, 0) is 22.6 Å². The van der Waals surface area contributed by atoms with Gasteiger partial charge in [-0.1, -0.05) is 42.5 Å². The number of aromatic nitrogens is 2. The van der Waals surface area contributed by atoms with E-state index in [1.807, 2.05) is 6.07 Å². The molecule has 11 nitrogen and oxygen atoms in total. The molecule has 0 N–H and O–H groups in total. The van der Waals surface area contributed by atoms with Gasteiger partial charge in [0.05, 0.1) is 23.6 Å². The van der Waals surface area contributed by atoms with Crippen molar-refractivity contribution in [1.29, 1.82) is 0 Å². The van der Waals surface area contributed by atoms with Crippen LogP contribution in [0.15, 0.2) is 70.5 Å². The second-order valence-corrected chi connectivity index (χ2v) is 10.9. The number of ether oxygens (including phenoxy) is 1. The van der Waals surface area contributed by atoms with Crippen LogP contribution in [-0.4, -0.2) is 74.6 Å². The molecule has 0 saturated carbocycles. The first-order valence-electron chi connectivity index (χ1n) is 14.0. The van der Waals surface area contributed by atoms with E-state index in [0.717, 1.165) is 32.7 Å². The summed E-state index contributed by atoms with van der Waals surface area (Å²) in [7, 11) is 0. The molecule has 2 unspecified atom stereocenters. The number of nitro groups is 1. The Morgan fingerprint density at radius 3 is 2.41 bits per heavy atom. The SMILES string of the molecule is CC1=Nc2cc(=O)n(CCN3CCN(Cc4ccccc4)CC3)n2C(c2cccc([N+](=O)[O-])c2)C1C(=O)OC(C)C. The predicted octanol–water partition coefficient (Wildman–Crippen LogP) is 3.64. The summed E-state index contributed by atoms with van der Waals surface area (Å²) in [4.78, 5) is 47.2. The van der Waals surface area contributed by atoms with Crippen LogP contribution in [0.4, 0.5) is 11.5 Å². The average Bonchev–Trinajstić information content (AvgIpc) is 3.26. The summed E-state index contributed by atoms with van der Waals surface area (Å²) in [5, 5.41) is 11.6. The van der Waals surface area contributed by atoms with Gasteiger partial charge in [-0.2, -0.15) is 0 Å². The normalized spacial score (nSPS) is 19.6. The first-order valence-corrected chi connectivity index (χ1v) is 14.0. The maximum Gasteiger partial charge on any atom is 0.317 e. The van der Waals surface area contributed by atoms with Crippen molar-refractivity contribution in [1.82, 2.24) is 19.2 Å². The van der Waals surface area contributed by atoms with Crippen molar-refractivity contribution in [3.05, 3.63) is 92.3 Å². The number of esters is 1. The number of carbonyl (C=O) groups is 1. The number of nitrogens with zero attached hydrogens (tertiary/aromatic N) is 6. The molecule has 0 amide bonds. The molecule has 2 aliphatic rings. The maximum atomic E-state index is 13.4. The van der Waals surface area contributed by atoms with Gasteiger partial charge in [0.25, 0.3) is 11.2 Å². The number of rotatable bonds is 9. The van der Waals surface area contributed by atoms with Gasteiger partial charge >= 0.3 is 5.97 Å². The van der Waals surface area contributed by atoms with Crippen LogP contribution in [0.3, 0.4) is 0 Å². The highest BCUT2D eigenvalue weighted by molar-refractivity contribution is 6.03. The second-order valence-electron chi connectivity index (χ2n) is 10.9. The zero-order valence-corrected chi connectivity index (χ0v) is 23.7. The van der Waals surface area contributed by atoms with Crippen LogP contribution in [0.25, 0.3) is 0 Å². The van der Waals surface area contributed by atoms with Gasteiger partial charge in [0.1, 0.15) is 5.92 Å². The van der Waals surface area contributed by atoms with Crippen LogP contribution in [0.5, 0.6) is 0 Å². The zero-order chi connectivity index (χ0) is 29.1. The van der Waals surface area contributed by atoms with Gasteiger partial charge in [-0.05, 0) is 31.9 Å². The molecule has 1 saturated heterocycles. The summed E-state index contributed by atoms with van der Waals surface area (Å²) in [6.45, 7) is 10.8. The van der Waals surface area contributed by atoms with Crippen LogP contribution in [0.2, 0.25) is 0 Å². The van der Waals surface area contributed by atoms with Gasteiger partial charge in [0, 0.05) is 63.2 Å². The number of aliphatic imine (C=N–C) groups is 1. The van der Waals surface area contributed by atoms with Crippen molar-refractivity contribution in [2.24, 2.45) is 10.9 Å². The fourth-order valence-corrected chi connectivity index (χ4v) is 5.70. The number of fused-ring (bicyclic) bond motifs is 1. The minimum absolute atomic E-state index is 0.0883. The Morgan fingerprint density at radius 1 is 1.02 bits per heavy atom.